The summed E-state index contributed by atoms with van der Waals surface area (Å²) in [5, 5.41) is 3.97. The number of ether oxygens (including phenoxy) is 1. The summed E-state index contributed by atoms with van der Waals surface area (Å²) >= 11 is 0. The Morgan fingerprint density at radius 1 is 0.933 bits per heavy atom. The summed E-state index contributed by atoms with van der Waals surface area (Å²) in [6, 6.07) is 24.8. The molecule has 0 bridgehead atoms. The van der Waals surface area contributed by atoms with Gasteiger partial charge in [-0.15, -0.1) is 0 Å². The molecule has 1 heterocycles. The molecule has 30 heavy (non-hydrogen) atoms. The molecule has 0 spiro atoms. The number of H-pyrrole nitrogens is 1. The van der Waals surface area contributed by atoms with Gasteiger partial charge >= 0.3 is 6.09 Å². The predicted octanol–water partition coefficient (Wildman–Crippen LogP) is 5.72. The van der Waals surface area contributed by atoms with Crippen LogP contribution < -0.4 is 5.32 Å². The summed E-state index contributed by atoms with van der Waals surface area (Å²) in [6.07, 6.45) is 5.47. The first-order valence-electron chi connectivity index (χ1n) is 10.1. The zero-order chi connectivity index (χ0) is 20.3. The average Bonchev–Trinajstić information content (AvgIpc) is 3.39. The van der Waals surface area contributed by atoms with Crippen LogP contribution in [0.15, 0.2) is 85.1 Å². The number of hydrogen-bond acceptors (Lipinski definition) is 2. The van der Waals surface area contributed by atoms with Crippen LogP contribution in [0.1, 0.15) is 22.6 Å². The Balaban J connectivity index is 1.20. The molecule has 4 heteroatoms. The standard InChI is InChI=1S/C26H22N2O2/c29-26(28-15-6-8-18-7-5-13-25-19(18)14-16-27-25)30-17-24-22-11-3-1-9-20(22)21-10-2-4-12-23(21)24/h1-14,16,24,27H,15,17H2,(H,28,29). The van der Waals surface area contributed by atoms with Crippen molar-refractivity contribution in [1.29, 1.82) is 0 Å². The van der Waals surface area contributed by atoms with E-state index in [4.69, 9.17) is 4.74 Å². The highest BCUT2D eigenvalue weighted by molar-refractivity contribution is 5.88. The lowest BCUT2D eigenvalue weighted by Gasteiger charge is -2.14. The molecule has 1 aliphatic rings. The monoisotopic (exact) mass is 394 g/mol. The summed E-state index contributed by atoms with van der Waals surface area (Å²) in [6.45, 7) is 0.740. The van der Waals surface area contributed by atoms with E-state index in [1.165, 1.54) is 22.3 Å². The molecule has 1 aromatic heterocycles. The van der Waals surface area contributed by atoms with E-state index in [2.05, 4.69) is 40.6 Å². The van der Waals surface area contributed by atoms with Crippen molar-refractivity contribution in [1.82, 2.24) is 10.3 Å². The maximum Gasteiger partial charge on any atom is 0.407 e. The second-order valence-electron chi connectivity index (χ2n) is 7.39. The number of hydrogen-bond donors (Lipinski definition) is 2. The van der Waals surface area contributed by atoms with E-state index in [1.807, 2.05) is 60.8 Å². The third-order valence-corrected chi connectivity index (χ3v) is 5.63. The second-order valence-corrected chi connectivity index (χ2v) is 7.39. The molecule has 1 aliphatic carbocycles. The number of benzene rings is 3. The minimum atomic E-state index is -0.402. The van der Waals surface area contributed by atoms with Gasteiger partial charge in [-0.05, 0) is 39.9 Å². The fourth-order valence-corrected chi connectivity index (χ4v) is 4.23. The molecule has 2 N–H and O–H groups in total. The fourth-order valence-electron chi connectivity index (χ4n) is 4.23. The minimum Gasteiger partial charge on any atom is -0.449 e. The molecule has 0 fully saturated rings. The number of rotatable bonds is 5. The third-order valence-electron chi connectivity index (χ3n) is 5.63. The van der Waals surface area contributed by atoms with Crippen LogP contribution in [-0.2, 0) is 4.74 Å². The van der Waals surface area contributed by atoms with Crippen molar-refractivity contribution in [2.45, 2.75) is 5.92 Å². The van der Waals surface area contributed by atoms with Gasteiger partial charge in [-0.3, -0.25) is 0 Å². The lowest BCUT2D eigenvalue weighted by atomic mass is 9.98. The summed E-state index contributed by atoms with van der Waals surface area (Å²) in [5.41, 5.74) is 7.09. The van der Waals surface area contributed by atoms with Crippen molar-refractivity contribution in [2.75, 3.05) is 13.2 Å². The fraction of sp³-hybridized carbons (Fsp3) is 0.115. The minimum absolute atomic E-state index is 0.0740. The Labute approximate surface area is 175 Å². The van der Waals surface area contributed by atoms with Crippen LogP contribution in [0.2, 0.25) is 0 Å². The number of carbonyl (C=O) groups excluding carboxylic acids is 1. The van der Waals surface area contributed by atoms with Gasteiger partial charge in [0.15, 0.2) is 0 Å². The molecule has 0 atom stereocenters. The molecule has 3 aromatic carbocycles. The number of aromatic amines is 1. The van der Waals surface area contributed by atoms with Crippen LogP contribution in [0.3, 0.4) is 0 Å². The van der Waals surface area contributed by atoms with Crippen molar-refractivity contribution in [2.24, 2.45) is 0 Å². The smallest absolute Gasteiger partial charge is 0.407 e. The molecule has 0 saturated carbocycles. The molecule has 0 radical (unpaired) electrons. The van der Waals surface area contributed by atoms with E-state index in [-0.39, 0.29) is 5.92 Å². The Morgan fingerprint density at radius 2 is 1.67 bits per heavy atom. The molecular weight excluding hydrogens is 372 g/mol. The second kappa shape index (κ2) is 7.91. The Bertz CT molecular complexity index is 1190. The Hall–Kier alpha value is -3.79. The third kappa shape index (κ3) is 3.37. The van der Waals surface area contributed by atoms with Crippen molar-refractivity contribution in [3.05, 3.63) is 102 Å². The first kappa shape index (κ1) is 18.3. The molecule has 1 amide bonds. The normalized spacial score (nSPS) is 12.8. The topological polar surface area (TPSA) is 54.1 Å². The zero-order valence-electron chi connectivity index (χ0n) is 16.5. The van der Waals surface area contributed by atoms with E-state index in [0.717, 1.165) is 16.5 Å². The number of alkyl carbamates (subject to hydrolysis) is 1. The Kier molecular flexibility index (Phi) is 4.81. The molecule has 4 aromatic rings. The van der Waals surface area contributed by atoms with Crippen LogP contribution in [0, 0.1) is 0 Å². The van der Waals surface area contributed by atoms with Crippen LogP contribution in [0.25, 0.3) is 28.1 Å². The zero-order valence-corrected chi connectivity index (χ0v) is 16.5. The van der Waals surface area contributed by atoms with Crippen LogP contribution in [0.5, 0.6) is 0 Å². The van der Waals surface area contributed by atoms with Crippen molar-refractivity contribution >= 4 is 23.1 Å². The molecule has 5 rings (SSSR count). The predicted molar refractivity (Wildman–Crippen MR) is 120 cm³/mol. The van der Waals surface area contributed by atoms with Gasteiger partial charge in [0, 0.05) is 29.6 Å². The van der Waals surface area contributed by atoms with Crippen molar-refractivity contribution in [3.8, 4) is 11.1 Å². The highest BCUT2D eigenvalue weighted by Gasteiger charge is 2.28. The molecule has 4 nitrogen and oxygen atoms in total. The molecular formula is C26H22N2O2. The lowest BCUT2D eigenvalue weighted by Crippen LogP contribution is -2.26. The van der Waals surface area contributed by atoms with Gasteiger partial charge in [0.25, 0.3) is 0 Å². The van der Waals surface area contributed by atoms with E-state index in [9.17, 15) is 4.79 Å². The van der Waals surface area contributed by atoms with Crippen molar-refractivity contribution < 1.29 is 9.53 Å². The average molecular weight is 394 g/mol. The molecule has 148 valence electrons. The van der Waals surface area contributed by atoms with E-state index in [0.29, 0.717) is 13.2 Å². The molecule has 0 unspecified atom stereocenters. The van der Waals surface area contributed by atoms with Crippen LogP contribution >= 0.6 is 0 Å². The van der Waals surface area contributed by atoms with Gasteiger partial charge in [0.1, 0.15) is 6.61 Å². The van der Waals surface area contributed by atoms with E-state index >= 15 is 0 Å². The maximum absolute atomic E-state index is 12.2. The highest BCUT2D eigenvalue weighted by Crippen LogP contribution is 2.44. The largest absolute Gasteiger partial charge is 0.449 e. The van der Waals surface area contributed by atoms with Crippen LogP contribution in [0.4, 0.5) is 4.79 Å². The van der Waals surface area contributed by atoms with Gasteiger partial charge in [0.05, 0.1) is 0 Å². The quantitative estimate of drug-likeness (QED) is 0.455. The Morgan fingerprint density at radius 3 is 2.43 bits per heavy atom. The SMILES string of the molecule is O=C(NCC=Cc1cccc2[nH]ccc12)OCC1c2ccccc2-c2ccccc21. The van der Waals surface area contributed by atoms with E-state index < -0.39 is 6.09 Å². The van der Waals surface area contributed by atoms with Crippen molar-refractivity contribution in [3.63, 3.8) is 0 Å². The lowest BCUT2D eigenvalue weighted by molar-refractivity contribution is 0.144. The van der Waals surface area contributed by atoms with Gasteiger partial charge < -0.3 is 15.0 Å². The molecule has 0 saturated heterocycles. The first-order chi connectivity index (χ1) is 14.8. The summed E-state index contributed by atoms with van der Waals surface area (Å²) in [5.74, 6) is 0.0740. The number of nitrogens with one attached hydrogen (secondary N) is 2. The van der Waals surface area contributed by atoms with Gasteiger partial charge in [0.2, 0.25) is 0 Å². The molecule has 0 aliphatic heterocycles. The van der Waals surface area contributed by atoms with Crippen LogP contribution in [-0.4, -0.2) is 24.2 Å². The number of carbonyl (C=O) groups is 1. The van der Waals surface area contributed by atoms with Gasteiger partial charge in [-0.25, -0.2) is 4.79 Å². The highest BCUT2D eigenvalue weighted by atomic mass is 16.5. The number of fused-ring (bicyclic) bond motifs is 4. The van der Waals surface area contributed by atoms with Gasteiger partial charge in [-0.1, -0.05) is 72.8 Å². The first-order valence-corrected chi connectivity index (χ1v) is 10.1. The summed E-state index contributed by atoms with van der Waals surface area (Å²) in [4.78, 5) is 15.4. The summed E-state index contributed by atoms with van der Waals surface area (Å²) in [7, 11) is 0. The van der Waals surface area contributed by atoms with E-state index in [1.54, 1.807) is 0 Å². The van der Waals surface area contributed by atoms with Gasteiger partial charge in [-0.2, -0.15) is 0 Å². The summed E-state index contributed by atoms with van der Waals surface area (Å²) < 4.78 is 5.56. The number of amides is 1. The number of aromatic nitrogens is 1. The maximum atomic E-state index is 12.2.